The third kappa shape index (κ3) is 3.71. The average molecular weight is 363 g/mol. The molecule has 138 valence electrons. The van der Waals surface area contributed by atoms with Gasteiger partial charge in [0, 0.05) is 13.1 Å². The summed E-state index contributed by atoms with van der Waals surface area (Å²) < 4.78 is 10.7. The first kappa shape index (κ1) is 17.3. The van der Waals surface area contributed by atoms with Gasteiger partial charge in [0.15, 0.2) is 0 Å². The van der Waals surface area contributed by atoms with Crippen LogP contribution in [-0.4, -0.2) is 54.2 Å². The number of hydrogen-bond donors (Lipinski definition) is 1. The largest absolute Gasteiger partial charge is 0.497 e. The van der Waals surface area contributed by atoms with E-state index >= 15 is 0 Å². The number of morpholine rings is 1. The molecule has 0 spiro atoms. The van der Waals surface area contributed by atoms with Crippen molar-refractivity contribution in [3.63, 3.8) is 0 Å². The lowest BCUT2D eigenvalue weighted by molar-refractivity contribution is -0.128. The molecular weight excluding hydrogens is 342 g/mol. The highest BCUT2D eigenvalue weighted by Crippen LogP contribution is 2.24. The Hall–Kier alpha value is -3.12. The molecule has 6 nitrogen and oxygen atoms in total. The second-order valence-corrected chi connectivity index (χ2v) is 6.34. The van der Waals surface area contributed by atoms with Crippen LogP contribution < -0.4 is 4.74 Å². The van der Waals surface area contributed by atoms with Crippen molar-refractivity contribution in [1.82, 2.24) is 14.9 Å². The highest BCUT2D eigenvalue weighted by molar-refractivity contribution is 6.23. The van der Waals surface area contributed by atoms with Gasteiger partial charge in [-0.15, -0.1) is 0 Å². The van der Waals surface area contributed by atoms with Gasteiger partial charge in [-0.1, -0.05) is 24.3 Å². The first-order valence-electron chi connectivity index (χ1n) is 8.92. The Labute approximate surface area is 157 Å². The number of amides is 1. The number of rotatable bonds is 4. The number of carbonyl (C=O) groups excluding carboxylic acids is 1. The number of aromatic nitrogens is 2. The normalized spacial score (nSPS) is 15.1. The Bertz CT molecular complexity index is 954. The van der Waals surface area contributed by atoms with Crippen molar-refractivity contribution >= 4 is 28.6 Å². The number of nitrogens with one attached hydrogen (secondary N) is 1. The molecule has 0 bridgehead atoms. The van der Waals surface area contributed by atoms with E-state index in [9.17, 15) is 4.79 Å². The molecule has 1 saturated heterocycles. The van der Waals surface area contributed by atoms with E-state index in [1.54, 1.807) is 7.11 Å². The number of methoxy groups -OCH3 is 1. The third-order valence-electron chi connectivity index (χ3n) is 4.58. The SMILES string of the molecule is COc1cccc(/C=C(\C(=O)N2CCOCC2)c2nc3ccccc3[nH]2)c1. The van der Waals surface area contributed by atoms with Crippen molar-refractivity contribution in [3.05, 3.63) is 59.9 Å². The van der Waals surface area contributed by atoms with E-state index in [1.165, 1.54) is 0 Å². The van der Waals surface area contributed by atoms with Crippen LogP contribution in [0.4, 0.5) is 0 Å². The molecule has 1 amide bonds. The van der Waals surface area contributed by atoms with E-state index in [0.717, 1.165) is 22.3 Å². The Morgan fingerprint density at radius 1 is 1.19 bits per heavy atom. The minimum absolute atomic E-state index is 0.0554. The van der Waals surface area contributed by atoms with Crippen LogP contribution in [0, 0.1) is 0 Å². The summed E-state index contributed by atoms with van der Waals surface area (Å²) in [5.74, 6) is 1.25. The molecule has 1 fully saturated rings. The lowest BCUT2D eigenvalue weighted by atomic mass is 10.1. The summed E-state index contributed by atoms with van der Waals surface area (Å²) in [5, 5.41) is 0. The number of para-hydroxylation sites is 2. The van der Waals surface area contributed by atoms with E-state index in [2.05, 4.69) is 9.97 Å². The van der Waals surface area contributed by atoms with E-state index < -0.39 is 0 Å². The van der Waals surface area contributed by atoms with Gasteiger partial charge in [0.05, 0.1) is 36.9 Å². The molecule has 1 N–H and O–H groups in total. The molecule has 2 aromatic carbocycles. The standard InChI is InChI=1S/C21H21N3O3/c1-26-16-6-4-5-15(13-16)14-17(21(25)24-9-11-27-12-10-24)20-22-18-7-2-3-8-19(18)23-20/h2-8,13-14H,9-12H2,1H3,(H,22,23)/b17-14-. The number of imidazole rings is 1. The van der Waals surface area contributed by atoms with Crippen LogP contribution in [0.15, 0.2) is 48.5 Å². The zero-order valence-corrected chi connectivity index (χ0v) is 15.1. The number of benzene rings is 2. The smallest absolute Gasteiger partial charge is 0.257 e. The molecule has 2 heterocycles. The number of aromatic amines is 1. The van der Waals surface area contributed by atoms with Crippen LogP contribution in [0.25, 0.3) is 22.7 Å². The van der Waals surface area contributed by atoms with Gasteiger partial charge in [-0.2, -0.15) is 0 Å². The molecule has 1 aromatic heterocycles. The van der Waals surface area contributed by atoms with Crippen molar-refractivity contribution < 1.29 is 14.3 Å². The number of hydrogen-bond acceptors (Lipinski definition) is 4. The zero-order valence-electron chi connectivity index (χ0n) is 15.1. The highest BCUT2D eigenvalue weighted by atomic mass is 16.5. The third-order valence-corrected chi connectivity index (χ3v) is 4.58. The lowest BCUT2D eigenvalue weighted by Gasteiger charge is -2.27. The van der Waals surface area contributed by atoms with Gasteiger partial charge >= 0.3 is 0 Å². The summed E-state index contributed by atoms with van der Waals surface area (Å²) in [6.45, 7) is 2.26. The van der Waals surface area contributed by atoms with Crippen LogP contribution in [-0.2, 0) is 9.53 Å². The summed E-state index contributed by atoms with van der Waals surface area (Å²) in [6, 6.07) is 15.4. The summed E-state index contributed by atoms with van der Waals surface area (Å²) in [6.07, 6.45) is 1.86. The Morgan fingerprint density at radius 3 is 2.78 bits per heavy atom. The molecule has 27 heavy (non-hydrogen) atoms. The summed E-state index contributed by atoms with van der Waals surface area (Å²) in [7, 11) is 1.63. The van der Waals surface area contributed by atoms with E-state index in [0.29, 0.717) is 37.7 Å². The maximum Gasteiger partial charge on any atom is 0.257 e. The summed E-state index contributed by atoms with van der Waals surface area (Å²) in [4.78, 5) is 23.0. The van der Waals surface area contributed by atoms with Gasteiger partial charge in [0.1, 0.15) is 11.6 Å². The predicted molar refractivity (Wildman–Crippen MR) is 104 cm³/mol. The summed E-state index contributed by atoms with van der Waals surface area (Å²) >= 11 is 0. The van der Waals surface area contributed by atoms with Gasteiger partial charge in [0.25, 0.3) is 5.91 Å². The van der Waals surface area contributed by atoms with Crippen molar-refractivity contribution in [2.24, 2.45) is 0 Å². The van der Waals surface area contributed by atoms with Crippen molar-refractivity contribution in [2.75, 3.05) is 33.4 Å². The molecule has 0 radical (unpaired) electrons. The number of ether oxygens (including phenoxy) is 2. The van der Waals surface area contributed by atoms with E-state index in [1.807, 2.05) is 59.5 Å². The summed E-state index contributed by atoms with van der Waals surface area (Å²) in [5.41, 5.74) is 3.14. The first-order chi connectivity index (χ1) is 13.2. The molecule has 0 unspecified atom stereocenters. The molecule has 3 aromatic rings. The number of H-pyrrole nitrogens is 1. The Morgan fingerprint density at radius 2 is 2.00 bits per heavy atom. The average Bonchev–Trinajstić information content (AvgIpc) is 3.16. The molecule has 4 rings (SSSR count). The zero-order chi connectivity index (χ0) is 18.6. The number of carbonyl (C=O) groups is 1. The maximum absolute atomic E-state index is 13.2. The van der Waals surface area contributed by atoms with E-state index in [4.69, 9.17) is 9.47 Å². The molecule has 0 aliphatic carbocycles. The van der Waals surface area contributed by atoms with E-state index in [-0.39, 0.29) is 5.91 Å². The molecule has 1 aliphatic rings. The minimum atomic E-state index is -0.0554. The molecule has 6 heteroatoms. The van der Waals surface area contributed by atoms with Crippen LogP contribution in [0.5, 0.6) is 5.75 Å². The lowest BCUT2D eigenvalue weighted by Crippen LogP contribution is -2.41. The topological polar surface area (TPSA) is 67.4 Å². The second-order valence-electron chi connectivity index (χ2n) is 6.34. The second kappa shape index (κ2) is 7.63. The Kier molecular flexibility index (Phi) is 4.89. The Balaban J connectivity index is 1.78. The van der Waals surface area contributed by atoms with Gasteiger partial charge in [0.2, 0.25) is 0 Å². The fraction of sp³-hybridized carbons (Fsp3) is 0.238. The van der Waals surface area contributed by atoms with Crippen LogP contribution in [0.2, 0.25) is 0 Å². The van der Waals surface area contributed by atoms with Crippen molar-refractivity contribution in [2.45, 2.75) is 0 Å². The van der Waals surface area contributed by atoms with Gasteiger partial charge in [-0.3, -0.25) is 4.79 Å². The predicted octanol–water partition coefficient (Wildman–Crippen LogP) is 2.97. The van der Waals surface area contributed by atoms with Gasteiger partial charge in [-0.25, -0.2) is 4.98 Å². The van der Waals surface area contributed by atoms with Crippen molar-refractivity contribution in [1.29, 1.82) is 0 Å². The monoisotopic (exact) mass is 363 g/mol. The van der Waals surface area contributed by atoms with Gasteiger partial charge < -0.3 is 19.4 Å². The first-order valence-corrected chi connectivity index (χ1v) is 8.92. The fourth-order valence-corrected chi connectivity index (χ4v) is 3.15. The quantitative estimate of drug-likeness (QED) is 0.724. The number of nitrogens with zero attached hydrogens (tertiary/aromatic N) is 2. The minimum Gasteiger partial charge on any atom is -0.497 e. The molecule has 0 atom stereocenters. The van der Waals surface area contributed by atoms with Crippen molar-refractivity contribution in [3.8, 4) is 5.75 Å². The van der Waals surface area contributed by atoms with Crippen LogP contribution in [0.3, 0.4) is 0 Å². The maximum atomic E-state index is 13.2. The molecule has 0 saturated carbocycles. The van der Waals surface area contributed by atoms with Crippen LogP contribution >= 0.6 is 0 Å². The van der Waals surface area contributed by atoms with Crippen LogP contribution in [0.1, 0.15) is 11.4 Å². The van der Waals surface area contributed by atoms with Gasteiger partial charge in [-0.05, 0) is 35.9 Å². The number of fused-ring (bicyclic) bond motifs is 1. The highest BCUT2D eigenvalue weighted by Gasteiger charge is 2.24. The fourth-order valence-electron chi connectivity index (χ4n) is 3.15. The molecular formula is C21H21N3O3. The molecule has 1 aliphatic heterocycles.